The number of ether oxygens (including phenoxy) is 3. The number of likely N-dealkylation sites (tertiary alicyclic amines) is 1. The number of alkyl carbamates (subject to hydrolysis) is 1. The lowest BCUT2D eigenvalue weighted by Crippen LogP contribution is -2.59. The van der Waals surface area contributed by atoms with Crippen LogP contribution in [0.15, 0.2) is 67.3 Å². The van der Waals surface area contributed by atoms with Gasteiger partial charge in [0, 0.05) is 35.4 Å². The molecule has 1 aliphatic heterocycles. The monoisotopic (exact) mass is 803 g/mol. The molecule has 1 saturated heterocycles. The number of hydrogen-bond acceptors (Lipinski definition) is 10. The molecule has 0 spiro atoms. The van der Waals surface area contributed by atoms with E-state index in [2.05, 4.69) is 21.9 Å². The van der Waals surface area contributed by atoms with Gasteiger partial charge in [0.15, 0.2) is 0 Å². The van der Waals surface area contributed by atoms with E-state index in [-0.39, 0.29) is 25.3 Å². The van der Waals surface area contributed by atoms with Crippen LogP contribution in [-0.4, -0.2) is 90.3 Å². The summed E-state index contributed by atoms with van der Waals surface area (Å²) in [7, 11) is -2.45. The summed E-state index contributed by atoms with van der Waals surface area (Å²) >= 11 is 0. The first-order valence-corrected chi connectivity index (χ1v) is 21.0. The van der Waals surface area contributed by atoms with E-state index >= 15 is 0 Å². The Labute approximate surface area is 334 Å². The van der Waals surface area contributed by atoms with E-state index in [1.54, 1.807) is 40.0 Å². The van der Waals surface area contributed by atoms with Crippen LogP contribution in [0.1, 0.15) is 73.1 Å². The molecule has 2 unspecified atom stereocenters. The zero-order chi connectivity index (χ0) is 41.3. The first kappa shape index (κ1) is 41.5. The number of benzene rings is 2. The standard InChI is InChI=1S/C42H53N5O9S/c1-8-28-23-42(28,39(50)46-57(52,53)25(2)3)45-37(48)34-21-30(24-47(34)38(49)36(27-16-12-13-17-27)44-40(51)56-41(4,5)6)55-35-22-32(26-14-10-9-11-15-26)43-33-20-29(54-7)18-19-31(33)35/h8-11,14-15,18-20,22,25,27-28,30,34,36H,1,12-13,16-17,21,23-24H2,2-7H3,(H,44,51)(H,45,48)(H,46,50)/t28?,30-,34+,36+,42?/m1/s1. The van der Waals surface area contributed by atoms with Crippen LogP contribution in [0.4, 0.5) is 4.79 Å². The van der Waals surface area contributed by atoms with Gasteiger partial charge in [-0.25, -0.2) is 18.2 Å². The number of nitrogens with zero attached hydrogens (tertiary/aromatic N) is 2. The van der Waals surface area contributed by atoms with Gasteiger partial charge >= 0.3 is 6.09 Å². The average molecular weight is 804 g/mol. The molecule has 2 aliphatic carbocycles. The molecule has 2 aromatic carbocycles. The van der Waals surface area contributed by atoms with Crippen molar-refractivity contribution in [2.24, 2.45) is 11.8 Å². The Hall–Kier alpha value is -5.18. The molecule has 6 rings (SSSR count). The van der Waals surface area contributed by atoms with Gasteiger partial charge in [0.25, 0.3) is 5.91 Å². The van der Waals surface area contributed by atoms with E-state index in [1.165, 1.54) is 24.8 Å². The highest BCUT2D eigenvalue weighted by molar-refractivity contribution is 7.90. The van der Waals surface area contributed by atoms with Crippen molar-refractivity contribution >= 4 is 44.7 Å². The van der Waals surface area contributed by atoms with Crippen molar-refractivity contribution in [2.75, 3.05) is 13.7 Å². The number of fused-ring (bicyclic) bond motifs is 1. The predicted octanol–water partition coefficient (Wildman–Crippen LogP) is 5.26. The molecule has 2 heterocycles. The summed E-state index contributed by atoms with van der Waals surface area (Å²) in [6.07, 6.45) is 3.34. The largest absolute Gasteiger partial charge is 0.497 e. The van der Waals surface area contributed by atoms with E-state index in [0.717, 1.165) is 18.4 Å². The van der Waals surface area contributed by atoms with Crippen LogP contribution >= 0.6 is 0 Å². The van der Waals surface area contributed by atoms with E-state index in [9.17, 15) is 27.6 Å². The molecule has 306 valence electrons. The van der Waals surface area contributed by atoms with Gasteiger partial charge in [-0.05, 0) is 71.9 Å². The quantitative estimate of drug-likeness (QED) is 0.193. The molecule has 57 heavy (non-hydrogen) atoms. The van der Waals surface area contributed by atoms with Crippen molar-refractivity contribution in [3.05, 3.63) is 67.3 Å². The number of carbonyl (C=O) groups excluding carboxylic acids is 4. The van der Waals surface area contributed by atoms with Crippen LogP contribution in [0.2, 0.25) is 0 Å². The Bertz CT molecular complexity index is 2130. The summed E-state index contributed by atoms with van der Waals surface area (Å²) in [5.74, 6) is -1.68. The molecule has 0 radical (unpaired) electrons. The second-order valence-electron chi connectivity index (χ2n) is 16.4. The summed E-state index contributed by atoms with van der Waals surface area (Å²) in [6, 6.07) is 14.7. The van der Waals surface area contributed by atoms with Gasteiger partial charge in [0.05, 0.1) is 30.1 Å². The van der Waals surface area contributed by atoms with Crippen LogP contribution in [0.25, 0.3) is 22.2 Å². The average Bonchev–Trinajstić information content (AvgIpc) is 3.44. The maximum absolute atomic E-state index is 14.8. The smallest absolute Gasteiger partial charge is 0.408 e. The third-order valence-corrected chi connectivity index (χ3v) is 12.6. The van der Waals surface area contributed by atoms with Gasteiger partial charge in [-0.2, -0.15) is 0 Å². The predicted molar refractivity (Wildman–Crippen MR) is 215 cm³/mol. The normalized spacial score (nSPS) is 22.8. The summed E-state index contributed by atoms with van der Waals surface area (Å²) in [5, 5.41) is 5.43. The zero-order valence-electron chi connectivity index (χ0n) is 33.4. The van der Waals surface area contributed by atoms with E-state index in [0.29, 0.717) is 40.9 Å². The molecule has 3 aliphatic rings. The first-order chi connectivity index (χ1) is 26.9. The number of rotatable bonds is 13. The molecule has 3 fully saturated rings. The summed E-state index contributed by atoms with van der Waals surface area (Å²) in [4.78, 5) is 62.3. The van der Waals surface area contributed by atoms with Crippen LogP contribution in [-0.2, 0) is 29.1 Å². The van der Waals surface area contributed by atoms with Crippen molar-refractivity contribution in [3.63, 3.8) is 0 Å². The zero-order valence-corrected chi connectivity index (χ0v) is 34.2. The minimum Gasteiger partial charge on any atom is -0.497 e. The molecule has 15 heteroatoms. The Morgan fingerprint density at radius 1 is 1.04 bits per heavy atom. The highest BCUT2D eigenvalue weighted by Crippen LogP contribution is 2.45. The third-order valence-electron chi connectivity index (χ3n) is 10.9. The van der Waals surface area contributed by atoms with Crippen molar-refractivity contribution in [1.82, 2.24) is 25.2 Å². The minimum atomic E-state index is -4.02. The second-order valence-corrected chi connectivity index (χ2v) is 18.7. The van der Waals surface area contributed by atoms with Gasteiger partial charge in [-0.1, -0.05) is 49.2 Å². The van der Waals surface area contributed by atoms with E-state index in [1.807, 2.05) is 42.5 Å². The summed E-state index contributed by atoms with van der Waals surface area (Å²) < 4.78 is 45.4. The number of aromatic nitrogens is 1. The fraction of sp³-hybridized carbons (Fsp3) is 0.500. The van der Waals surface area contributed by atoms with Crippen molar-refractivity contribution < 1.29 is 41.8 Å². The van der Waals surface area contributed by atoms with Gasteiger partial charge < -0.3 is 29.7 Å². The number of hydrogen-bond donors (Lipinski definition) is 3. The number of methoxy groups -OCH3 is 1. The van der Waals surface area contributed by atoms with Crippen LogP contribution in [0.5, 0.6) is 11.5 Å². The van der Waals surface area contributed by atoms with Crippen molar-refractivity contribution in [3.8, 4) is 22.8 Å². The maximum Gasteiger partial charge on any atom is 0.408 e. The number of pyridine rings is 1. The lowest BCUT2D eigenvalue weighted by Gasteiger charge is -2.32. The van der Waals surface area contributed by atoms with Gasteiger partial charge in [0.2, 0.25) is 21.8 Å². The highest BCUT2D eigenvalue weighted by Gasteiger charge is 2.61. The molecule has 3 N–H and O–H groups in total. The lowest BCUT2D eigenvalue weighted by molar-refractivity contribution is -0.142. The molecule has 4 amide bonds. The topological polar surface area (TPSA) is 182 Å². The molecular formula is C42H53N5O9S. The van der Waals surface area contributed by atoms with E-state index in [4.69, 9.17) is 19.2 Å². The molecule has 3 aromatic rings. The van der Waals surface area contributed by atoms with Crippen LogP contribution < -0.4 is 24.8 Å². The SMILES string of the molecule is C=CC1CC1(NC(=O)[C@@H]1C[C@@H](Oc2cc(-c3ccccc3)nc3cc(OC)ccc23)CN1C(=O)[C@@H](NC(=O)OC(C)(C)C)C1CCCC1)C(=O)NS(=O)(=O)C(C)C. The Morgan fingerprint density at radius 3 is 2.35 bits per heavy atom. The Kier molecular flexibility index (Phi) is 11.9. The number of sulfonamides is 1. The molecule has 2 saturated carbocycles. The van der Waals surface area contributed by atoms with Gasteiger partial charge in [-0.15, -0.1) is 6.58 Å². The first-order valence-electron chi connectivity index (χ1n) is 19.5. The fourth-order valence-electron chi connectivity index (χ4n) is 7.67. The van der Waals surface area contributed by atoms with E-state index < -0.39 is 74.3 Å². The summed E-state index contributed by atoms with van der Waals surface area (Å²) in [5.41, 5.74) is -0.295. The molecular weight excluding hydrogens is 751 g/mol. The number of amides is 4. The second kappa shape index (κ2) is 16.4. The Morgan fingerprint density at radius 2 is 1.74 bits per heavy atom. The van der Waals surface area contributed by atoms with Gasteiger partial charge in [-0.3, -0.25) is 19.1 Å². The van der Waals surface area contributed by atoms with Gasteiger partial charge in [0.1, 0.15) is 40.8 Å². The maximum atomic E-state index is 14.8. The molecule has 0 bridgehead atoms. The lowest BCUT2D eigenvalue weighted by atomic mass is 9.96. The number of nitrogens with one attached hydrogen (secondary N) is 3. The van der Waals surface area contributed by atoms with Crippen LogP contribution in [0.3, 0.4) is 0 Å². The summed E-state index contributed by atoms with van der Waals surface area (Å²) in [6.45, 7) is 11.9. The third kappa shape index (κ3) is 9.19. The molecule has 1 aromatic heterocycles. The number of carbonyl (C=O) groups is 4. The fourth-order valence-corrected chi connectivity index (χ4v) is 8.35. The van der Waals surface area contributed by atoms with Crippen molar-refractivity contribution in [2.45, 2.75) is 108 Å². The molecule has 14 nitrogen and oxygen atoms in total. The Balaban J connectivity index is 1.35. The minimum absolute atomic E-state index is 0.0252. The molecule has 5 atom stereocenters. The van der Waals surface area contributed by atoms with Crippen molar-refractivity contribution in [1.29, 1.82) is 0 Å². The van der Waals surface area contributed by atoms with Crippen LogP contribution in [0, 0.1) is 11.8 Å². The highest BCUT2D eigenvalue weighted by atomic mass is 32.2.